The Labute approximate surface area is 172 Å². The van der Waals surface area contributed by atoms with E-state index < -0.39 is 0 Å². The molecule has 7 heteroatoms. The van der Waals surface area contributed by atoms with Gasteiger partial charge in [-0.3, -0.25) is 0 Å². The Morgan fingerprint density at radius 2 is 1.12 bits per heavy atom. The predicted octanol–water partition coefficient (Wildman–Crippen LogP) is 7.63. The molecule has 0 aliphatic heterocycles. The Morgan fingerprint density at radius 1 is 0.680 bits per heavy atom. The highest BCUT2D eigenvalue weighted by molar-refractivity contribution is 9.11. The molecule has 0 N–H and O–H groups in total. The van der Waals surface area contributed by atoms with Crippen molar-refractivity contribution in [1.29, 1.82) is 10.5 Å². The Kier molecular flexibility index (Phi) is 4.53. The highest BCUT2D eigenvalue weighted by Crippen LogP contribution is 2.48. The van der Waals surface area contributed by atoms with Gasteiger partial charge in [-0.1, -0.05) is 0 Å². The minimum atomic E-state index is 0.420. The van der Waals surface area contributed by atoms with E-state index in [0.29, 0.717) is 11.1 Å². The van der Waals surface area contributed by atoms with Crippen LogP contribution in [0.3, 0.4) is 0 Å². The maximum atomic E-state index is 9.40. The van der Waals surface area contributed by atoms with Crippen LogP contribution in [-0.4, -0.2) is 0 Å². The van der Waals surface area contributed by atoms with Crippen LogP contribution in [0.4, 0.5) is 0 Å². The summed E-state index contributed by atoms with van der Waals surface area (Å²) in [5.41, 5.74) is 0.840. The van der Waals surface area contributed by atoms with E-state index in [9.17, 15) is 10.5 Å². The zero-order valence-electron chi connectivity index (χ0n) is 12.3. The second kappa shape index (κ2) is 6.68. The number of thiophene rings is 3. The van der Waals surface area contributed by atoms with Crippen molar-refractivity contribution >= 4 is 76.6 Å². The second-order valence-electron chi connectivity index (χ2n) is 5.13. The van der Waals surface area contributed by atoms with Crippen LogP contribution in [0.2, 0.25) is 0 Å². The molecule has 120 valence electrons. The molecule has 0 aliphatic carbocycles. The molecule has 0 atom stereocenters. The van der Waals surface area contributed by atoms with Crippen molar-refractivity contribution in [3.8, 4) is 31.6 Å². The van der Waals surface area contributed by atoms with Crippen molar-refractivity contribution < 1.29 is 0 Å². The van der Waals surface area contributed by atoms with Gasteiger partial charge >= 0.3 is 0 Å². The summed E-state index contributed by atoms with van der Waals surface area (Å²) in [5.74, 6) is 0. The summed E-state index contributed by atoms with van der Waals surface area (Å²) in [6.07, 6.45) is 0. The fourth-order valence-electron chi connectivity index (χ4n) is 2.61. The average molecular weight is 506 g/mol. The summed E-state index contributed by atoms with van der Waals surface area (Å²) in [6, 6.07) is 16.2. The maximum absolute atomic E-state index is 9.40. The SMILES string of the molecule is N#Cc1cc2c(-c3ccc(Br)s3)sc(-c3ccc(Br)s3)c2cc1C#N. The number of halogens is 2. The summed E-state index contributed by atoms with van der Waals surface area (Å²) in [4.78, 5) is 4.56. The standard InChI is InChI=1S/C18H6Br2N2S3/c19-15-3-1-13(23-15)17-11-5-9(7-21)10(8-22)6-12(11)18(25-17)14-2-4-16(20)24-14/h1-6H. The Bertz CT molecular complexity index is 1110. The molecule has 3 aromatic heterocycles. The smallest absolute Gasteiger partial charge is 0.101 e. The summed E-state index contributed by atoms with van der Waals surface area (Å²) >= 11 is 12.1. The molecular formula is C18H6Br2N2S3. The number of hydrogen-bond acceptors (Lipinski definition) is 5. The van der Waals surface area contributed by atoms with Crippen LogP contribution in [0.5, 0.6) is 0 Å². The molecule has 0 fully saturated rings. The molecule has 0 saturated heterocycles. The largest absolute Gasteiger partial charge is 0.192 e. The molecular weight excluding hydrogens is 500 g/mol. The van der Waals surface area contributed by atoms with Crippen LogP contribution >= 0.6 is 65.9 Å². The van der Waals surface area contributed by atoms with Crippen LogP contribution in [0.25, 0.3) is 30.3 Å². The molecule has 4 rings (SSSR count). The van der Waals surface area contributed by atoms with Gasteiger partial charge in [-0.15, -0.1) is 34.0 Å². The van der Waals surface area contributed by atoms with Gasteiger partial charge in [0.1, 0.15) is 12.1 Å². The number of nitriles is 2. The third-order valence-corrected chi connectivity index (χ3v) is 8.51. The van der Waals surface area contributed by atoms with Gasteiger partial charge in [0, 0.05) is 20.5 Å². The molecule has 0 amide bonds. The van der Waals surface area contributed by atoms with Gasteiger partial charge in [0.25, 0.3) is 0 Å². The topological polar surface area (TPSA) is 47.6 Å². The molecule has 1 aromatic carbocycles. The van der Waals surface area contributed by atoms with Gasteiger partial charge < -0.3 is 0 Å². The lowest BCUT2D eigenvalue weighted by atomic mass is 10.0. The average Bonchev–Trinajstić information content (AvgIpc) is 3.31. The van der Waals surface area contributed by atoms with E-state index in [1.807, 2.05) is 24.3 Å². The molecule has 2 nitrogen and oxygen atoms in total. The molecule has 25 heavy (non-hydrogen) atoms. The van der Waals surface area contributed by atoms with E-state index in [1.54, 1.807) is 34.0 Å². The van der Waals surface area contributed by atoms with Crippen LogP contribution in [0.1, 0.15) is 11.1 Å². The lowest BCUT2D eigenvalue weighted by Crippen LogP contribution is -1.84. The van der Waals surface area contributed by atoms with Crippen LogP contribution in [0, 0.1) is 22.7 Å². The second-order valence-corrected chi connectivity index (χ2v) is 11.1. The van der Waals surface area contributed by atoms with E-state index in [2.05, 4.69) is 56.1 Å². The minimum Gasteiger partial charge on any atom is -0.192 e. The molecule has 0 radical (unpaired) electrons. The van der Waals surface area contributed by atoms with Gasteiger partial charge in [-0.25, -0.2) is 0 Å². The van der Waals surface area contributed by atoms with Crippen molar-refractivity contribution in [1.82, 2.24) is 0 Å². The van der Waals surface area contributed by atoms with E-state index >= 15 is 0 Å². The summed E-state index contributed by atoms with van der Waals surface area (Å²) < 4.78 is 2.14. The quantitative estimate of drug-likeness (QED) is 0.281. The predicted molar refractivity (Wildman–Crippen MR) is 113 cm³/mol. The van der Waals surface area contributed by atoms with Gasteiger partial charge in [0.15, 0.2) is 0 Å². The first-order chi connectivity index (χ1) is 12.1. The van der Waals surface area contributed by atoms with Crippen molar-refractivity contribution in [3.05, 3.63) is 55.1 Å². The van der Waals surface area contributed by atoms with Crippen LogP contribution < -0.4 is 0 Å². The van der Waals surface area contributed by atoms with E-state index in [4.69, 9.17) is 0 Å². The molecule has 3 heterocycles. The highest BCUT2D eigenvalue weighted by atomic mass is 79.9. The zero-order valence-corrected chi connectivity index (χ0v) is 18.0. The van der Waals surface area contributed by atoms with Crippen molar-refractivity contribution in [3.63, 3.8) is 0 Å². The summed E-state index contributed by atoms with van der Waals surface area (Å²) in [6.45, 7) is 0. The maximum Gasteiger partial charge on any atom is 0.101 e. The summed E-state index contributed by atoms with van der Waals surface area (Å²) in [5, 5.41) is 20.8. The lowest BCUT2D eigenvalue weighted by molar-refractivity contribution is 1.45. The third-order valence-electron chi connectivity index (χ3n) is 3.69. The number of hydrogen-bond donors (Lipinski definition) is 0. The monoisotopic (exact) mass is 504 g/mol. The van der Waals surface area contributed by atoms with E-state index in [-0.39, 0.29) is 0 Å². The zero-order chi connectivity index (χ0) is 17.6. The normalized spacial score (nSPS) is 10.7. The van der Waals surface area contributed by atoms with Crippen LogP contribution in [0.15, 0.2) is 44.0 Å². The number of nitrogens with zero attached hydrogens (tertiary/aromatic N) is 2. The number of benzene rings is 1. The fraction of sp³-hybridized carbons (Fsp3) is 0. The minimum absolute atomic E-state index is 0.420. The Hall–Kier alpha value is -1.48. The first-order valence-electron chi connectivity index (χ1n) is 7.03. The number of fused-ring (bicyclic) bond motifs is 1. The summed E-state index contributed by atoms with van der Waals surface area (Å²) in [7, 11) is 0. The first kappa shape index (κ1) is 17.0. The first-order valence-corrected chi connectivity index (χ1v) is 11.1. The van der Waals surface area contributed by atoms with Gasteiger partial charge in [0.2, 0.25) is 0 Å². The van der Waals surface area contributed by atoms with Crippen molar-refractivity contribution in [2.45, 2.75) is 0 Å². The molecule has 0 saturated carbocycles. The fourth-order valence-corrected chi connectivity index (χ4v) is 6.89. The highest BCUT2D eigenvalue weighted by Gasteiger charge is 2.19. The molecule has 0 spiro atoms. The van der Waals surface area contributed by atoms with Crippen molar-refractivity contribution in [2.24, 2.45) is 0 Å². The molecule has 4 aromatic rings. The van der Waals surface area contributed by atoms with E-state index in [0.717, 1.165) is 37.9 Å². The molecule has 0 bridgehead atoms. The molecule has 0 aliphatic rings. The van der Waals surface area contributed by atoms with Gasteiger partial charge in [0.05, 0.1) is 28.5 Å². The van der Waals surface area contributed by atoms with E-state index in [1.165, 1.54) is 0 Å². The number of rotatable bonds is 2. The van der Waals surface area contributed by atoms with Crippen LogP contribution in [-0.2, 0) is 0 Å². The molecule has 0 unspecified atom stereocenters. The Balaban J connectivity index is 2.09. The van der Waals surface area contributed by atoms with Gasteiger partial charge in [-0.05, 0) is 68.3 Å². The third kappa shape index (κ3) is 2.97. The lowest BCUT2D eigenvalue weighted by Gasteiger charge is -1.99. The van der Waals surface area contributed by atoms with Crippen molar-refractivity contribution in [2.75, 3.05) is 0 Å². The van der Waals surface area contributed by atoms with Gasteiger partial charge in [-0.2, -0.15) is 10.5 Å². The Morgan fingerprint density at radius 3 is 1.44 bits per heavy atom.